The monoisotopic (exact) mass is 639 g/mol. The summed E-state index contributed by atoms with van der Waals surface area (Å²) in [5, 5.41) is 1.34. The molecule has 10 aromatic rings. The molecule has 0 N–H and O–H groups in total. The van der Waals surface area contributed by atoms with Gasteiger partial charge in [-0.15, -0.1) is 0 Å². The van der Waals surface area contributed by atoms with Crippen LogP contribution in [0.3, 0.4) is 0 Å². The highest BCUT2D eigenvalue weighted by atomic mass is 16.3. The summed E-state index contributed by atoms with van der Waals surface area (Å²) >= 11 is 0. The molecule has 228 valence electrons. The molecule has 0 fully saturated rings. The van der Waals surface area contributed by atoms with Gasteiger partial charge in [-0.05, 0) is 95.0 Å². The quantitative estimate of drug-likeness (QED) is 0.175. The lowest BCUT2D eigenvalue weighted by atomic mass is 9.85. The zero-order chi connectivity index (χ0) is 47.1. The largest absolute Gasteiger partial charge is 0.456 e. The highest BCUT2D eigenvalue weighted by Gasteiger charge is 2.18. The first-order valence-corrected chi connectivity index (χ1v) is 15.5. The van der Waals surface area contributed by atoms with Crippen LogP contribution in [0, 0.1) is 0 Å². The average molecular weight is 640 g/mol. The van der Waals surface area contributed by atoms with E-state index in [0.717, 1.165) is 27.3 Å². The first kappa shape index (κ1) is 15.6. The van der Waals surface area contributed by atoms with Crippen molar-refractivity contribution in [1.29, 1.82) is 0 Å². The molecule has 0 bridgehead atoms. The van der Waals surface area contributed by atoms with Gasteiger partial charge in [0.15, 0.2) is 0 Å². The van der Waals surface area contributed by atoms with E-state index in [2.05, 4.69) is 0 Å². The predicted octanol–water partition coefficient (Wildman–Crippen LogP) is 13.7. The Morgan fingerprint density at radius 2 is 0.939 bits per heavy atom. The van der Waals surface area contributed by atoms with Crippen LogP contribution in [-0.4, -0.2) is 0 Å². The van der Waals surface area contributed by atoms with Crippen molar-refractivity contribution in [2.24, 2.45) is 0 Å². The highest BCUT2D eigenvalue weighted by molar-refractivity contribution is 6.21. The van der Waals surface area contributed by atoms with E-state index in [1.54, 1.807) is 18.2 Å². The minimum absolute atomic E-state index is 0.138. The lowest BCUT2D eigenvalue weighted by molar-refractivity contribution is 0.669. The second-order valence-electron chi connectivity index (χ2n) is 11.5. The van der Waals surface area contributed by atoms with Gasteiger partial charge in [-0.1, -0.05) is 163 Å². The molecule has 0 unspecified atom stereocenters. The molecule has 0 aliphatic heterocycles. The standard InChI is InChI=1S/C48H30O/c1-2-13-33(14-3-1)46-39-17-6-8-19-41(39)47(42-20-9-7-18-40(42)46)34-26-24-31(25-27-34)35-28-29-44-43(30-35)48-38(22-11-23-45(48)49-44)37-21-10-15-32-12-4-5-16-36(32)37/h1-30H/i1D,2D,3D,6D,7D,8D,9D,13D,14D,17D,18D,19D,20D,24D,25D,26D,27D. The number of rotatable bonds is 4. The smallest absolute Gasteiger partial charge is 0.136 e. The Labute approximate surface area is 308 Å². The summed E-state index contributed by atoms with van der Waals surface area (Å²) in [6.45, 7) is 0. The summed E-state index contributed by atoms with van der Waals surface area (Å²) in [4.78, 5) is 0. The van der Waals surface area contributed by atoms with Crippen LogP contribution >= 0.6 is 0 Å². The second kappa shape index (κ2) is 11.1. The maximum absolute atomic E-state index is 9.58. The molecule has 0 amide bonds. The minimum Gasteiger partial charge on any atom is -0.456 e. The molecule has 0 radical (unpaired) electrons. The molecule has 0 saturated heterocycles. The Balaban J connectivity index is 1.33. The Kier molecular flexibility index (Phi) is 3.54. The average Bonchev–Trinajstić information content (AvgIpc) is 3.70. The van der Waals surface area contributed by atoms with E-state index in [1.807, 2.05) is 60.7 Å². The fraction of sp³-hybridized carbons (Fsp3) is 0. The Morgan fingerprint density at radius 3 is 1.65 bits per heavy atom. The summed E-state index contributed by atoms with van der Waals surface area (Å²) in [6.07, 6.45) is 0. The van der Waals surface area contributed by atoms with Crippen LogP contribution in [0.5, 0.6) is 0 Å². The number of furan rings is 1. The maximum atomic E-state index is 9.58. The third-order valence-corrected chi connectivity index (χ3v) is 8.86. The van der Waals surface area contributed by atoms with Crippen LogP contribution in [0.2, 0.25) is 0 Å². The zero-order valence-corrected chi connectivity index (χ0v) is 25.4. The molecule has 0 spiro atoms. The van der Waals surface area contributed by atoms with Gasteiger partial charge in [0.05, 0.1) is 23.3 Å². The van der Waals surface area contributed by atoms with Crippen molar-refractivity contribution in [2.45, 2.75) is 0 Å². The van der Waals surface area contributed by atoms with Crippen LogP contribution in [0.1, 0.15) is 23.3 Å². The molecule has 10 rings (SSSR count). The van der Waals surface area contributed by atoms with Gasteiger partial charge in [-0.25, -0.2) is 0 Å². The third kappa shape index (κ3) is 4.40. The van der Waals surface area contributed by atoms with E-state index in [-0.39, 0.29) is 11.1 Å². The Hall–Kier alpha value is -6.44. The van der Waals surface area contributed by atoms with Gasteiger partial charge in [0.25, 0.3) is 0 Å². The fourth-order valence-corrected chi connectivity index (χ4v) is 6.75. The first-order chi connectivity index (χ1) is 31.4. The number of hydrogen-bond acceptors (Lipinski definition) is 1. The molecule has 49 heavy (non-hydrogen) atoms. The lowest BCUT2D eigenvalue weighted by Crippen LogP contribution is -1.90. The molecule has 0 aliphatic carbocycles. The molecule has 1 nitrogen and oxygen atoms in total. The van der Waals surface area contributed by atoms with Crippen molar-refractivity contribution in [3.05, 3.63) is 182 Å². The molecule has 0 aliphatic rings. The maximum Gasteiger partial charge on any atom is 0.136 e. The van der Waals surface area contributed by atoms with Crippen LogP contribution in [0.25, 0.3) is 98.8 Å². The predicted molar refractivity (Wildman–Crippen MR) is 208 cm³/mol. The molecular weight excluding hydrogens is 593 g/mol. The van der Waals surface area contributed by atoms with Gasteiger partial charge in [0.2, 0.25) is 0 Å². The molecule has 1 aromatic heterocycles. The van der Waals surface area contributed by atoms with Gasteiger partial charge >= 0.3 is 0 Å². The normalized spacial score (nSPS) is 16.5. The van der Waals surface area contributed by atoms with E-state index in [9.17, 15) is 11.0 Å². The summed E-state index contributed by atoms with van der Waals surface area (Å²) in [6, 6.07) is 11.4. The van der Waals surface area contributed by atoms with Crippen molar-refractivity contribution >= 4 is 54.3 Å². The van der Waals surface area contributed by atoms with Crippen LogP contribution in [0.4, 0.5) is 0 Å². The van der Waals surface area contributed by atoms with Crippen molar-refractivity contribution < 1.29 is 27.7 Å². The van der Waals surface area contributed by atoms with Crippen molar-refractivity contribution in [3.8, 4) is 44.5 Å². The van der Waals surface area contributed by atoms with E-state index in [4.69, 9.17) is 16.8 Å². The summed E-state index contributed by atoms with van der Waals surface area (Å²) in [7, 11) is 0. The van der Waals surface area contributed by atoms with Crippen LogP contribution < -0.4 is 0 Å². The minimum atomic E-state index is -0.826. The number of hydrogen-bond donors (Lipinski definition) is 0. The lowest BCUT2D eigenvalue weighted by Gasteiger charge is -2.18. The van der Waals surface area contributed by atoms with Crippen molar-refractivity contribution in [1.82, 2.24) is 0 Å². The highest BCUT2D eigenvalue weighted by Crippen LogP contribution is 2.44. The molecule has 0 atom stereocenters. The van der Waals surface area contributed by atoms with Gasteiger partial charge in [0, 0.05) is 10.8 Å². The van der Waals surface area contributed by atoms with Gasteiger partial charge in [0.1, 0.15) is 11.2 Å². The van der Waals surface area contributed by atoms with Gasteiger partial charge < -0.3 is 4.42 Å². The molecule has 9 aromatic carbocycles. The van der Waals surface area contributed by atoms with Crippen LogP contribution in [-0.2, 0) is 0 Å². The summed E-state index contributed by atoms with van der Waals surface area (Å²) in [5.74, 6) is 0. The Bertz CT molecular complexity index is 3710. The van der Waals surface area contributed by atoms with E-state index < -0.39 is 147 Å². The Morgan fingerprint density at radius 1 is 0.367 bits per heavy atom. The SMILES string of the molecule is [2H]c1c([2H])c([2H])c(-c2c3c([2H])c([2H])c([2H])c([2H])c3c(-c3c([2H])c([2H])c(-c4ccc5oc6cccc(-c7cccc8ccccc78)c6c5c4)c([2H])c3[2H])c3c([2H])c([2H])c([2H])c([2H])c23)c([2H])c1[2H]. The first-order valence-electron chi connectivity index (χ1n) is 24.0. The number of fused-ring (bicyclic) bond motifs is 6. The summed E-state index contributed by atoms with van der Waals surface area (Å²) < 4.78 is 159. The molecule has 1 heteroatoms. The van der Waals surface area contributed by atoms with Crippen molar-refractivity contribution in [2.75, 3.05) is 0 Å². The zero-order valence-electron chi connectivity index (χ0n) is 42.4. The summed E-state index contributed by atoms with van der Waals surface area (Å²) in [5.41, 5.74) is 0.819. The number of benzene rings is 9. The molecule has 1 heterocycles. The second-order valence-corrected chi connectivity index (χ2v) is 11.5. The van der Waals surface area contributed by atoms with Gasteiger partial charge in [-0.3, -0.25) is 0 Å². The van der Waals surface area contributed by atoms with Crippen LogP contribution in [0.15, 0.2) is 186 Å². The van der Waals surface area contributed by atoms with Gasteiger partial charge in [-0.2, -0.15) is 0 Å². The topological polar surface area (TPSA) is 13.1 Å². The van der Waals surface area contributed by atoms with Crippen molar-refractivity contribution in [3.63, 3.8) is 0 Å². The fourth-order valence-electron chi connectivity index (χ4n) is 6.75. The van der Waals surface area contributed by atoms with E-state index in [0.29, 0.717) is 16.6 Å². The van der Waals surface area contributed by atoms with E-state index in [1.165, 1.54) is 0 Å². The third-order valence-electron chi connectivity index (χ3n) is 8.86. The van der Waals surface area contributed by atoms with E-state index >= 15 is 0 Å². The molecule has 0 saturated carbocycles. The molecular formula is C48H30O.